The molecule has 1 aliphatic heterocycles. The highest BCUT2D eigenvalue weighted by Gasteiger charge is 2.43. The van der Waals surface area contributed by atoms with Crippen molar-refractivity contribution in [2.24, 2.45) is 0 Å². The molecule has 1 heterocycles. The molecule has 1 saturated heterocycles. The Kier molecular flexibility index (Phi) is 5.93. The van der Waals surface area contributed by atoms with Crippen LogP contribution < -0.4 is 9.47 Å². The molecule has 1 fully saturated rings. The number of benzene rings is 1. The summed E-state index contributed by atoms with van der Waals surface area (Å²) in [6, 6.07) is 3.29. The van der Waals surface area contributed by atoms with E-state index in [1.54, 1.807) is 0 Å². The summed E-state index contributed by atoms with van der Waals surface area (Å²) in [5.74, 6) is -2.76. The van der Waals surface area contributed by atoms with Gasteiger partial charge in [0.15, 0.2) is 11.5 Å². The molecule has 2 rings (SSSR count). The second-order valence-electron chi connectivity index (χ2n) is 5.65. The predicted octanol–water partition coefficient (Wildman–Crippen LogP) is 0.676. The normalized spacial score (nSPS) is 14.2. The van der Waals surface area contributed by atoms with Gasteiger partial charge in [-0.2, -0.15) is 8.78 Å². The summed E-state index contributed by atoms with van der Waals surface area (Å²) in [5, 5.41) is 0. The Morgan fingerprint density at radius 1 is 1.19 bits per heavy atom. The number of carbonyl (C=O) groups excluding carboxylic acids is 4. The number of halogens is 2. The van der Waals surface area contributed by atoms with Gasteiger partial charge >= 0.3 is 24.5 Å². The van der Waals surface area contributed by atoms with E-state index in [0.717, 1.165) is 7.05 Å². The number of methoxy groups -OCH3 is 1. The van der Waals surface area contributed by atoms with Crippen LogP contribution >= 0.6 is 0 Å². The fourth-order valence-corrected chi connectivity index (χ4v) is 2.37. The van der Waals surface area contributed by atoms with Crippen molar-refractivity contribution >= 4 is 23.8 Å². The molecule has 5 amide bonds. The van der Waals surface area contributed by atoms with Crippen LogP contribution in [0.1, 0.15) is 5.56 Å². The zero-order valence-corrected chi connectivity index (χ0v) is 14.8. The van der Waals surface area contributed by atoms with Crippen molar-refractivity contribution in [3.05, 3.63) is 23.8 Å². The summed E-state index contributed by atoms with van der Waals surface area (Å²) in [6.07, 6.45) is 0. The minimum absolute atomic E-state index is 0.0458. The lowest BCUT2D eigenvalue weighted by Crippen LogP contribution is -2.41. The molecular weight excluding hydrogens is 368 g/mol. The quantitative estimate of drug-likeness (QED) is 0.506. The van der Waals surface area contributed by atoms with Gasteiger partial charge in [0.2, 0.25) is 5.91 Å². The summed E-state index contributed by atoms with van der Waals surface area (Å²) in [7, 11) is 3.85. The molecular formula is C16H17F2N3O6. The van der Waals surface area contributed by atoms with Gasteiger partial charge in [0.05, 0.1) is 7.11 Å². The minimum Gasteiger partial charge on any atom is -0.493 e. The summed E-state index contributed by atoms with van der Waals surface area (Å²) >= 11 is 0. The summed E-state index contributed by atoms with van der Waals surface area (Å²) < 4.78 is 34.0. The third kappa shape index (κ3) is 4.30. The average Bonchev–Trinajstić information content (AvgIpc) is 2.80. The largest absolute Gasteiger partial charge is 0.493 e. The van der Waals surface area contributed by atoms with Crippen LogP contribution in [0.2, 0.25) is 0 Å². The molecule has 0 bridgehead atoms. The number of amides is 5. The molecule has 0 unspecified atom stereocenters. The molecule has 1 aromatic carbocycles. The Morgan fingerprint density at radius 2 is 1.85 bits per heavy atom. The molecule has 0 aliphatic carbocycles. The van der Waals surface area contributed by atoms with Crippen molar-refractivity contribution in [2.75, 3.05) is 27.7 Å². The van der Waals surface area contributed by atoms with Crippen LogP contribution in [0.15, 0.2) is 18.2 Å². The second-order valence-corrected chi connectivity index (χ2v) is 5.65. The Balaban J connectivity index is 2.05. The van der Waals surface area contributed by atoms with E-state index >= 15 is 0 Å². The van der Waals surface area contributed by atoms with Gasteiger partial charge in [-0.05, 0) is 17.7 Å². The molecule has 27 heavy (non-hydrogen) atoms. The Bertz CT molecular complexity index is 785. The van der Waals surface area contributed by atoms with Crippen molar-refractivity contribution in [3.8, 4) is 11.5 Å². The first-order chi connectivity index (χ1) is 12.6. The lowest BCUT2D eigenvalue weighted by molar-refractivity contribution is -0.144. The maximum absolute atomic E-state index is 12.3. The summed E-state index contributed by atoms with van der Waals surface area (Å²) in [4.78, 5) is 49.6. The van der Waals surface area contributed by atoms with Crippen LogP contribution in [-0.2, 0) is 20.9 Å². The van der Waals surface area contributed by atoms with Crippen molar-refractivity contribution in [1.29, 1.82) is 0 Å². The number of imide groups is 2. The van der Waals surface area contributed by atoms with Gasteiger partial charge in [-0.3, -0.25) is 19.3 Å². The zero-order chi connectivity index (χ0) is 20.3. The number of rotatable bonds is 7. The standard InChI is InChI=1S/C16H17F2N3O6/c1-19(12(22)8-21-14(24)13(23)20(2)16(21)25)7-9-4-5-10(27-15(17)18)11(6-9)26-3/h4-6,15H,7-8H2,1-3H3. The monoisotopic (exact) mass is 385 g/mol. The van der Waals surface area contributed by atoms with E-state index in [1.165, 1.54) is 37.3 Å². The highest BCUT2D eigenvalue weighted by Crippen LogP contribution is 2.29. The molecule has 146 valence electrons. The van der Waals surface area contributed by atoms with Crippen molar-refractivity contribution in [1.82, 2.24) is 14.7 Å². The third-order valence-electron chi connectivity index (χ3n) is 3.83. The second kappa shape index (κ2) is 7.98. The molecule has 9 nitrogen and oxygen atoms in total. The molecule has 0 N–H and O–H groups in total. The van der Waals surface area contributed by atoms with Crippen LogP contribution in [0, 0.1) is 0 Å². The lowest BCUT2D eigenvalue weighted by atomic mass is 10.2. The smallest absolute Gasteiger partial charge is 0.387 e. The molecule has 1 aromatic rings. The number of urea groups is 1. The number of alkyl halides is 2. The minimum atomic E-state index is -3.01. The van der Waals surface area contributed by atoms with E-state index in [1.807, 2.05) is 0 Å². The maximum Gasteiger partial charge on any atom is 0.387 e. The van der Waals surface area contributed by atoms with Crippen molar-refractivity contribution in [2.45, 2.75) is 13.2 Å². The number of likely N-dealkylation sites (N-methyl/N-ethyl adjacent to an activating group) is 2. The van der Waals surface area contributed by atoms with Gasteiger partial charge in [0.25, 0.3) is 0 Å². The number of hydrogen-bond donors (Lipinski definition) is 0. The molecule has 11 heteroatoms. The Labute approximate surface area is 153 Å². The van der Waals surface area contributed by atoms with Crippen LogP contribution in [-0.4, -0.2) is 72.8 Å². The van der Waals surface area contributed by atoms with E-state index in [-0.39, 0.29) is 18.0 Å². The summed E-state index contributed by atoms with van der Waals surface area (Å²) in [6.45, 7) is -3.55. The maximum atomic E-state index is 12.3. The Hall–Kier alpha value is -3.24. The van der Waals surface area contributed by atoms with E-state index in [9.17, 15) is 28.0 Å². The number of nitrogens with zero attached hydrogens (tertiary/aromatic N) is 3. The molecule has 0 spiro atoms. The molecule has 0 saturated carbocycles. The van der Waals surface area contributed by atoms with Gasteiger partial charge in [0.1, 0.15) is 6.54 Å². The molecule has 0 radical (unpaired) electrons. The predicted molar refractivity (Wildman–Crippen MR) is 86.0 cm³/mol. The zero-order valence-electron chi connectivity index (χ0n) is 14.8. The number of hydrogen-bond acceptors (Lipinski definition) is 6. The molecule has 0 aromatic heterocycles. The first-order valence-electron chi connectivity index (χ1n) is 7.65. The highest BCUT2D eigenvalue weighted by molar-refractivity contribution is 6.44. The SMILES string of the molecule is COc1cc(CN(C)C(=O)CN2C(=O)C(=O)N(C)C2=O)ccc1OC(F)F. The average molecular weight is 385 g/mol. The lowest BCUT2D eigenvalue weighted by Gasteiger charge is -2.21. The van der Waals surface area contributed by atoms with E-state index < -0.39 is 36.9 Å². The van der Waals surface area contributed by atoms with E-state index in [2.05, 4.69) is 4.74 Å². The fraction of sp³-hybridized carbons (Fsp3) is 0.375. The Morgan fingerprint density at radius 3 is 2.37 bits per heavy atom. The van der Waals surface area contributed by atoms with Crippen molar-refractivity contribution in [3.63, 3.8) is 0 Å². The first kappa shape index (κ1) is 20.1. The van der Waals surface area contributed by atoms with Crippen LogP contribution in [0.3, 0.4) is 0 Å². The highest BCUT2D eigenvalue weighted by atomic mass is 19.3. The third-order valence-corrected chi connectivity index (χ3v) is 3.83. The molecule has 1 aliphatic rings. The van der Waals surface area contributed by atoms with Gasteiger partial charge in [0, 0.05) is 20.6 Å². The van der Waals surface area contributed by atoms with Gasteiger partial charge in [-0.25, -0.2) is 9.69 Å². The number of carbonyl (C=O) groups is 4. The van der Waals surface area contributed by atoms with Gasteiger partial charge in [-0.15, -0.1) is 0 Å². The topological polar surface area (TPSA) is 96.5 Å². The summed E-state index contributed by atoms with van der Waals surface area (Å²) in [5.41, 5.74) is 0.539. The first-order valence-corrected chi connectivity index (χ1v) is 7.65. The van der Waals surface area contributed by atoms with E-state index in [4.69, 9.17) is 4.74 Å². The van der Waals surface area contributed by atoms with E-state index in [0.29, 0.717) is 15.4 Å². The fourth-order valence-electron chi connectivity index (χ4n) is 2.37. The van der Waals surface area contributed by atoms with Crippen LogP contribution in [0.5, 0.6) is 11.5 Å². The van der Waals surface area contributed by atoms with Crippen molar-refractivity contribution < 1.29 is 37.4 Å². The van der Waals surface area contributed by atoms with Crippen LogP contribution in [0.4, 0.5) is 13.6 Å². The van der Waals surface area contributed by atoms with Crippen LogP contribution in [0.25, 0.3) is 0 Å². The van der Waals surface area contributed by atoms with Gasteiger partial charge < -0.3 is 14.4 Å². The number of ether oxygens (including phenoxy) is 2. The van der Waals surface area contributed by atoms with Gasteiger partial charge in [-0.1, -0.05) is 6.07 Å². The molecule has 0 atom stereocenters.